The van der Waals surface area contributed by atoms with Crippen LogP contribution in [0.2, 0.25) is 0 Å². The van der Waals surface area contributed by atoms with E-state index in [0.29, 0.717) is 5.92 Å². The first kappa shape index (κ1) is 16.1. The van der Waals surface area contributed by atoms with Crippen LogP contribution in [0.4, 0.5) is 0 Å². The van der Waals surface area contributed by atoms with Crippen LogP contribution in [0.3, 0.4) is 0 Å². The molecule has 1 aromatic rings. The van der Waals surface area contributed by atoms with E-state index in [0.717, 1.165) is 19.6 Å². The van der Waals surface area contributed by atoms with Crippen LogP contribution in [0, 0.1) is 12.8 Å². The molecule has 0 spiro atoms. The number of ether oxygens (including phenoxy) is 1. The van der Waals surface area contributed by atoms with Crippen molar-refractivity contribution in [3.8, 4) is 0 Å². The van der Waals surface area contributed by atoms with E-state index in [1.807, 2.05) is 12.4 Å². The highest BCUT2D eigenvalue weighted by atomic mass is 16.5. The molecule has 0 aliphatic carbocycles. The minimum atomic E-state index is 0.180. The van der Waals surface area contributed by atoms with Crippen molar-refractivity contribution in [2.75, 3.05) is 13.2 Å². The molecular weight excluding hydrogens is 236 g/mol. The van der Waals surface area contributed by atoms with Crippen LogP contribution in [0.5, 0.6) is 0 Å². The van der Waals surface area contributed by atoms with Gasteiger partial charge in [-0.3, -0.25) is 4.98 Å². The van der Waals surface area contributed by atoms with Gasteiger partial charge >= 0.3 is 0 Å². The van der Waals surface area contributed by atoms with Crippen molar-refractivity contribution in [3.05, 3.63) is 29.6 Å². The van der Waals surface area contributed by atoms with E-state index in [4.69, 9.17) is 4.74 Å². The average molecular weight is 264 g/mol. The summed E-state index contributed by atoms with van der Waals surface area (Å²) in [5.74, 6) is 0.467. The van der Waals surface area contributed by atoms with Crippen LogP contribution in [0.15, 0.2) is 18.5 Å². The van der Waals surface area contributed by atoms with Gasteiger partial charge in [-0.15, -0.1) is 0 Å². The molecule has 1 aromatic heterocycles. The summed E-state index contributed by atoms with van der Waals surface area (Å²) < 4.78 is 5.98. The molecule has 2 unspecified atom stereocenters. The Labute approximate surface area is 117 Å². The third-order valence-corrected chi connectivity index (χ3v) is 3.37. The monoisotopic (exact) mass is 264 g/mol. The topological polar surface area (TPSA) is 34.2 Å². The first-order valence-corrected chi connectivity index (χ1v) is 7.37. The van der Waals surface area contributed by atoms with E-state index in [-0.39, 0.29) is 12.1 Å². The largest absolute Gasteiger partial charge is 0.376 e. The fourth-order valence-corrected chi connectivity index (χ4v) is 2.37. The second-order valence-electron chi connectivity index (χ2n) is 5.33. The SMILES string of the molecule is CCCNC(c1cnccc1C)C(OCC)C(C)C. The zero-order valence-corrected chi connectivity index (χ0v) is 12.9. The highest BCUT2D eigenvalue weighted by Crippen LogP contribution is 2.26. The maximum absolute atomic E-state index is 5.98. The predicted octanol–water partition coefficient (Wildman–Crippen LogP) is 3.49. The van der Waals surface area contributed by atoms with Crippen molar-refractivity contribution in [1.29, 1.82) is 0 Å². The number of nitrogens with zero attached hydrogens (tertiary/aromatic N) is 1. The number of hydrogen-bond acceptors (Lipinski definition) is 3. The van der Waals surface area contributed by atoms with Crippen LogP contribution in [0.1, 0.15) is 51.3 Å². The number of rotatable bonds is 8. The maximum Gasteiger partial charge on any atom is 0.0793 e. The lowest BCUT2D eigenvalue weighted by Crippen LogP contribution is -2.38. The van der Waals surface area contributed by atoms with Crippen molar-refractivity contribution >= 4 is 0 Å². The standard InChI is InChI=1S/C16H28N2O/c1-6-9-18-15(16(12(3)4)19-7-2)14-11-17-10-8-13(14)5/h8,10-12,15-16,18H,6-7,9H2,1-5H3. The lowest BCUT2D eigenvalue weighted by Gasteiger charge is -2.32. The van der Waals surface area contributed by atoms with E-state index in [1.165, 1.54) is 11.1 Å². The predicted molar refractivity (Wildman–Crippen MR) is 80.3 cm³/mol. The Morgan fingerprint density at radius 2 is 2.05 bits per heavy atom. The Hall–Kier alpha value is -0.930. The number of aromatic nitrogens is 1. The van der Waals surface area contributed by atoms with E-state index >= 15 is 0 Å². The molecule has 0 bridgehead atoms. The summed E-state index contributed by atoms with van der Waals surface area (Å²) in [5.41, 5.74) is 2.53. The average Bonchev–Trinajstić information content (AvgIpc) is 2.39. The smallest absolute Gasteiger partial charge is 0.0793 e. The van der Waals surface area contributed by atoms with Gasteiger partial charge in [-0.1, -0.05) is 20.8 Å². The van der Waals surface area contributed by atoms with Crippen LogP contribution in [0.25, 0.3) is 0 Å². The molecule has 0 amide bonds. The van der Waals surface area contributed by atoms with Gasteiger partial charge in [0.2, 0.25) is 0 Å². The van der Waals surface area contributed by atoms with Crippen LogP contribution < -0.4 is 5.32 Å². The van der Waals surface area contributed by atoms with Gasteiger partial charge in [-0.25, -0.2) is 0 Å². The molecule has 3 heteroatoms. The molecule has 0 fully saturated rings. The van der Waals surface area contributed by atoms with E-state index in [2.05, 4.69) is 51.0 Å². The molecule has 0 radical (unpaired) electrons. The lowest BCUT2D eigenvalue weighted by atomic mass is 9.92. The third-order valence-electron chi connectivity index (χ3n) is 3.37. The van der Waals surface area contributed by atoms with Gasteiger partial charge in [-0.05, 0) is 49.9 Å². The Kier molecular flexibility index (Phi) is 7.03. The van der Waals surface area contributed by atoms with Gasteiger partial charge in [0, 0.05) is 19.0 Å². The number of nitrogens with one attached hydrogen (secondary N) is 1. The van der Waals surface area contributed by atoms with Gasteiger partial charge in [-0.2, -0.15) is 0 Å². The molecule has 2 atom stereocenters. The zero-order chi connectivity index (χ0) is 14.3. The van der Waals surface area contributed by atoms with Crippen molar-refractivity contribution in [2.45, 2.75) is 53.2 Å². The molecule has 108 valence electrons. The first-order valence-electron chi connectivity index (χ1n) is 7.37. The summed E-state index contributed by atoms with van der Waals surface area (Å²) >= 11 is 0. The highest BCUT2D eigenvalue weighted by Gasteiger charge is 2.27. The minimum Gasteiger partial charge on any atom is -0.376 e. The fourth-order valence-electron chi connectivity index (χ4n) is 2.37. The number of aryl methyl sites for hydroxylation is 1. The van der Waals surface area contributed by atoms with Crippen LogP contribution >= 0.6 is 0 Å². The van der Waals surface area contributed by atoms with Gasteiger partial charge in [0.25, 0.3) is 0 Å². The minimum absolute atomic E-state index is 0.180. The molecule has 0 saturated carbocycles. The summed E-state index contributed by atoms with van der Waals surface area (Å²) in [6.07, 6.45) is 5.12. The maximum atomic E-state index is 5.98. The van der Waals surface area contributed by atoms with E-state index in [1.54, 1.807) is 0 Å². The van der Waals surface area contributed by atoms with Gasteiger partial charge < -0.3 is 10.1 Å². The fraction of sp³-hybridized carbons (Fsp3) is 0.688. The Bertz CT molecular complexity index is 366. The summed E-state index contributed by atoms with van der Waals surface area (Å²) in [5, 5.41) is 3.63. The van der Waals surface area contributed by atoms with Gasteiger partial charge in [0.15, 0.2) is 0 Å². The lowest BCUT2D eigenvalue weighted by molar-refractivity contribution is 0.00261. The molecule has 1 rings (SSSR count). The molecule has 19 heavy (non-hydrogen) atoms. The number of hydrogen-bond donors (Lipinski definition) is 1. The molecule has 3 nitrogen and oxygen atoms in total. The quantitative estimate of drug-likeness (QED) is 0.780. The Balaban J connectivity index is 3.01. The van der Waals surface area contributed by atoms with Gasteiger partial charge in [0.1, 0.15) is 0 Å². The zero-order valence-electron chi connectivity index (χ0n) is 12.9. The van der Waals surface area contributed by atoms with Crippen molar-refractivity contribution in [3.63, 3.8) is 0 Å². The molecule has 0 aromatic carbocycles. The third kappa shape index (κ3) is 4.59. The molecule has 0 aliphatic heterocycles. The van der Waals surface area contributed by atoms with Crippen molar-refractivity contribution in [2.24, 2.45) is 5.92 Å². The highest BCUT2D eigenvalue weighted by molar-refractivity contribution is 5.26. The van der Waals surface area contributed by atoms with Crippen molar-refractivity contribution < 1.29 is 4.74 Å². The van der Waals surface area contributed by atoms with E-state index < -0.39 is 0 Å². The van der Waals surface area contributed by atoms with Crippen LogP contribution in [-0.2, 0) is 4.74 Å². The molecule has 1 heterocycles. The summed E-state index contributed by atoms with van der Waals surface area (Å²) in [4.78, 5) is 4.28. The van der Waals surface area contributed by atoms with Gasteiger partial charge in [0.05, 0.1) is 12.1 Å². The first-order chi connectivity index (χ1) is 9.11. The number of pyridine rings is 1. The second kappa shape index (κ2) is 8.28. The summed E-state index contributed by atoms with van der Waals surface area (Å²) in [7, 11) is 0. The molecule has 0 saturated heterocycles. The van der Waals surface area contributed by atoms with Crippen molar-refractivity contribution in [1.82, 2.24) is 10.3 Å². The van der Waals surface area contributed by atoms with Crippen LogP contribution in [-0.4, -0.2) is 24.2 Å². The molecular formula is C16H28N2O. The van der Waals surface area contributed by atoms with E-state index in [9.17, 15) is 0 Å². The Morgan fingerprint density at radius 3 is 2.58 bits per heavy atom. The normalized spacial score (nSPS) is 14.6. The summed E-state index contributed by atoms with van der Waals surface area (Å²) in [6.45, 7) is 12.6. The molecule has 0 aliphatic rings. The Morgan fingerprint density at radius 1 is 1.32 bits per heavy atom. The summed E-state index contributed by atoms with van der Waals surface area (Å²) in [6, 6.07) is 2.29. The second-order valence-corrected chi connectivity index (χ2v) is 5.33. The molecule has 1 N–H and O–H groups in total.